The Labute approximate surface area is 244 Å². The predicted molar refractivity (Wildman–Crippen MR) is 147 cm³/mol. The van der Waals surface area contributed by atoms with Crippen LogP contribution in [0.5, 0.6) is 0 Å². The average molecular weight is 675 g/mol. The Bertz CT molecular complexity index is 896. The highest BCUT2D eigenvalue weighted by atomic mass is 35.5. The molecule has 0 aliphatic heterocycles. The van der Waals surface area contributed by atoms with E-state index in [4.69, 9.17) is 116 Å². The molecule has 32 heavy (non-hydrogen) atoms. The van der Waals surface area contributed by atoms with Crippen LogP contribution in [0.4, 0.5) is 0 Å². The van der Waals surface area contributed by atoms with Gasteiger partial charge in [-0.3, -0.25) is 9.44 Å². The second-order valence-corrected chi connectivity index (χ2v) is 12.2. The lowest BCUT2D eigenvalue weighted by atomic mass is 9.92. The second-order valence-electron chi connectivity index (χ2n) is 6.74. The van der Waals surface area contributed by atoms with E-state index in [0.717, 1.165) is 25.7 Å². The lowest BCUT2D eigenvalue weighted by Crippen LogP contribution is -2.45. The second kappa shape index (κ2) is 12.5. The van der Waals surface area contributed by atoms with Crippen LogP contribution in [0, 0.1) is 0 Å². The summed E-state index contributed by atoms with van der Waals surface area (Å²) < 4.78 is 6.83. The van der Waals surface area contributed by atoms with Crippen LogP contribution in [0.15, 0.2) is 9.79 Å². The maximum atomic E-state index is 6.34. The van der Waals surface area contributed by atoms with Crippen molar-refractivity contribution in [3.63, 3.8) is 0 Å². The molecule has 14 heteroatoms. The van der Waals surface area contributed by atoms with Gasteiger partial charge in [0.05, 0.1) is 60.0 Å². The molecule has 1 fully saturated rings. The standard InChI is InChI=1S/C18H12Cl10N2S2/c19-7-9(21)13(25)17(14(26)10(7)22)31-29-5-3-1-2-4-6(5)30-32-18-15(27)11(23)8(20)12(24)16(18)28/h5-6,29-30H,1-4H2. The van der Waals surface area contributed by atoms with Crippen molar-refractivity contribution in [2.75, 3.05) is 0 Å². The van der Waals surface area contributed by atoms with Crippen LogP contribution in [0.25, 0.3) is 0 Å². The van der Waals surface area contributed by atoms with E-state index >= 15 is 0 Å². The number of benzene rings is 2. The van der Waals surface area contributed by atoms with Crippen molar-refractivity contribution >= 4 is 140 Å². The van der Waals surface area contributed by atoms with Gasteiger partial charge in [-0.15, -0.1) is 0 Å². The highest BCUT2D eigenvalue weighted by Crippen LogP contribution is 2.49. The van der Waals surface area contributed by atoms with Gasteiger partial charge in [-0.25, -0.2) is 0 Å². The summed E-state index contributed by atoms with van der Waals surface area (Å²) in [4.78, 5) is 1.01. The summed E-state index contributed by atoms with van der Waals surface area (Å²) >= 11 is 64.7. The van der Waals surface area contributed by atoms with Gasteiger partial charge in [-0.05, 0) is 36.7 Å². The molecule has 2 unspecified atom stereocenters. The normalized spacial score (nSPS) is 18.9. The number of hydrogen-bond donors (Lipinski definition) is 2. The van der Waals surface area contributed by atoms with Crippen molar-refractivity contribution in [2.24, 2.45) is 0 Å². The van der Waals surface area contributed by atoms with Crippen LogP contribution < -0.4 is 9.44 Å². The van der Waals surface area contributed by atoms with E-state index in [1.54, 1.807) is 0 Å². The van der Waals surface area contributed by atoms with Gasteiger partial charge in [-0.2, -0.15) is 0 Å². The van der Waals surface area contributed by atoms with Crippen molar-refractivity contribution in [2.45, 2.75) is 47.6 Å². The van der Waals surface area contributed by atoms with Crippen LogP contribution in [0.3, 0.4) is 0 Å². The summed E-state index contributed by atoms with van der Waals surface area (Å²) in [7, 11) is 0. The molecule has 2 N–H and O–H groups in total. The topological polar surface area (TPSA) is 24.1 Å². The number of nitrogens with one attached hydrogen (secondary N) is 2. The molecule has 0 spiro atoms. The summed E-state index contributed by atoms with van der Waals surface area (Å²) in [5.41, 5.74) is 0. The molecule has 1 aliphatic rings. The molecular formula is C18H12Cl10N2S2. The van der Waals surface area contributed by atoms with E-state index in [0.29, 0.717) is 9.79 Å². The van der Waals surface area contributed by atoms with E-state index in [9.17, 15) is 0 Å². The smallest absolute Gasteiger partial charge is 0.0809 e. The molecule has 2 atom stereocenters. The maximum Gasteiger partial charge on any atom is 0.0809 e. The van der Waals surface area contributed by atoms with Gasteiger partial charge in [0.1, 0.15) is 0 Å². The fourth-order valence-corrected chi connectivity index (χ4v) is 7.86. The molecule has 0 aromatic heterocycles. The molecule has 2 aromatic rings. The molecule has 3 rings (SSSR count). The molecule has 0 radical (unpaired) electrons. The third kappa shape index (κ3) is 6.08. The summed E-state index contributed by atoms with van der Waals surface area (Å²) in [6.07, 6.45) is 3.95. The minimum atomic E-state index is 0.0670. The van der Waals surface area contributed by atoms with Gasteiger partial charge in [0.15, 0.2) is 0 Å². The Morgan fingerprint density at radius 3 is 0.969 bits per heavy atom. The lowest BCUT2D eigenvalue weighted by molar-refractivity contribution is 0.354. The SMILES string of the molecule is Clc1c(Cl)c(Cl)c(SNC2CCCCC2NSc2c(Cl)c(Cl)c(Cl)c(Cl)c2Cl)c(Cl)c1Cl. The Kier molecular flexibility index (Phi) is 11.1. The van der Waals surface area contributed by atoms with Gasteiger partial charge in [0.2, 0.25) is 0 Å². The summed E-state index contributed by atoms with van der Waals surface area (Å²) in [5, 5.41) is 1.81. The van der Waals surface area contributed by atoms with E-state index in [2.05, 4.69) is 9.44 Å². The molecule has 0 heterocycles. The number of hydrogen-bond acceptors (Lipinski definition) is 4. The van der Waals surface area contributed by atoms with E-state index < -0.39 is 0 Å². The summed E-state index contributed by atoms with van der Waals surface area (Å²) in [5.74, 6) is 0. The van der Waals surface area contributed by atoms with Crippen molar-refractivity contribution in [3.05, 3.63) is 50.2 Å². The minimum Gasteiger partial charge on any atom is -0.255 e. The first kappa shape index (κ1) is 28.5. The van der Waals surface area contributed by atoms with Crippen LogP contribution >= 0.6 is 140 Å². The first-order valence-electron chi connectivity index (χ1n) is 8.93. The fourth-order valence-electron chi connectivity index (χ4n) is 3.03. The van der Waals surface area contributed by atoms with Gasteiger partial charge < -0.3 is 0 Å². The third-order valence-electron chi connectivity index (χ3n) is 4.73. The van der Waals surface area contributed by atoms with Crippen LogP contribution in [-0.2, 0) is 0 Å². The van der Waals surface area contributed by atoms with Gasteiger partial charge in [0, 0.05) is 12.1 Å². The zero-order chi connectivity index (χ0) is 23.7. The Balaban J connectivity index is 1.75. The monoisotopic (exact) mass is 670 g/mol. The fraction of sp³-hybridized carbons (Fsp3) is 0.333. The maximum absolute atomic E-state index is 6.34. The molecule has 0 amide bonds. The Hall–Kier alpha value is 1.96. The van der Waals surface area contributed by atoms with Crippen LogP contribution in [0.2, 0.25) is 50.2 Å². The minimum absolute atomic E-state index is 0.0670. The zero-order valence-corrected chi connectivity index (χ0v) is 24.8. The van der Waals surface area contributed by atoms with Gasteiger partial charge in [-0.1, -0.05) is 129 Å². The highest BCUT2D eigenvalue weighted by Gasteiger charge is 2.28. The summed E-state index contributed by atoms with van der Waals surface area (Å²) in [6.45, 7) is 0. The highest BCUT2D eigenvalue weighted by molar-refractivity contribution is 7.98. The zero-order valence-electron chi connectivity index (χ0n) is 15.6. The van der Waals surface area contributed by atoms with Gasteiger partial charge >= 0.3 is 0 Å². The van der Waals surface area contributed by atoms with Crippen molar-refractivity contribution < 1.29 is 0 Å². The first-order valence-corrected chi connectivity index (χ1v) is 14.3. The van der Waals surface area contributed by atoms with Crippen LogP contribution in [0.1, 0.15) is 25.7 Å². The lowest BCUT2D eigenvalue weighted by Gasteiger charge is -2.32. The molecule has 2 nitrogen and oxygen atoms in total. The molecular weight excluding hydrogens is 663 g/mol. The number of halogens is 10. The van der Waals surface area contributed by atoms with Crippen molar-refractivity contribution in [3.8, 4) is 0 Å². The molecule has 1 saturated carbocycles. The van der Waals surface area contributed by atoms with Gasteiger partial charge in [0.25, 0.3) is 0 Å². The predicted octanol–water partition coefficient (Wildman–Crippen LogP) is 11.4. The molecule has 0 saturated heterocycles. The molecule has 1 aliphatic carbocycles. The Morgan fingerprint density at radius 1 is 0.438 bits per heavy atom. The van der Waals surface area contributed by atoms with E-state index in [-0.39, 0.29) is 62.3 Å². The molecule has 176 valence electrons. The summed E-state index contributed by atoms with van der Waals surface area (Å²) in [6, 6.07) is 0.134. The molecule has 0 bridgehead atoms. The van der Waals surface area contributed by atoms with Crippen molar-refractivity contribution in [1.82, 2.24) is 9.44 Å². The molecule has 2 aromatic carbocycles. The quantitative estimate of drug-likeness (QED) is 0.181. The Morgan fingerprint density at radius 2 is 0.688 bits per heavy atom. The first-order chi connectivity index (χ1) is 15.1. The van der Waals surface area contributed by atoms with Crippen molar-refractivity contribution in [1.29, 1.82) is 0 Å². The van der Waals surface area contributed by atoms with Crippen LogP contribution in [-0.4, -0.2) is 12.1 Å². The van der Waals surface area contributed by atoms with E-state index in [1.165, 1.54) is 23.9 Å². The third-order valence-corrected chi connectivity index (χ3v) is 11.8. The van der Waals surface area contributed by atoms with E-state index in [1.807, 2.05) is 0 Å². The number of rotatable bonds is 6. The largest absolute Gasteiger partial charge is 0.255 e. The average Bonchev–Trinajstić information content (AvgIpc) is 2.79.